The van der Waals surface area contributed by atoms with Crippen LogP contribution in [0.2, 0.25) is 0 Å². The van der Waals surface area contributed by atoms with E-state index in [0.29, 0.717) is 37.5 Å². The van der Waals surface area contributed by atoms with E-state index in [0.717, 1.165) is 16.7 Å². The highest BCUT2D eigenvalue weighted by molar-refractivity contribution is 5.75. The van der Waals surface area contributed by atoms with Crippen molar-refractivity contribution in [2.45, 2.75) is 32.7 Å². The summed E-state index contributed by atoms with van der Waals surface area (Å²) >= 11 is 0. The molecule has 6 heteroatoms. The summed E-state index contributed by atoms with van der Waals surface area (Å²) in [4.78, 5) is 16.2. The number of furan rings is 1. The number of hydrogen-bond donors (Lipinski definition) is 1. The van der Waals surface area contributed by atoms with Crippen LogP contribution in [0.15, 0.2) is 51.8 Å². The molecule has 0 unspecified atom stereocenters. The number of hydrogen-bond acceptors (Lipinski definition) is 5. The van der Waals surface area contributed by atoms with Crippen molar-refractivity contribution in [1.29, 1.82) is 0 Å². The van der Waals surface area contributed by atoms with Crippen LogP contribution in [0.25, 0.3) is 11.4 Å². The molecular weight excluding hydrogens is 306 g/mol. The summed E-state index contributed by atoms with van der Waals surface area (Å²) in [7, 11) is 0. The molecule has 24 heavy (non-hydrogen) atoms. The van der Waals surface area contributed by atoms with Crippen LogP contribution in [-0.4, -0.2) is 16.0 Å². The van der Waals surface area contributed by atoms with Crippen molar-refractivity contribution in [3.8, 4) is 11.4 Å². The summed E-state index contributed by atoms with van der Waals surface area (Å²) in [5.74, 6) is 1.14. The topological polar surface area (TPSA) is 81.2 Å². The molecule has 0 saturated heterocycles. The first kappa shape index (κ1) is 16.0. The van der Waals surface area contributed by atoms with Gasteiger partial charge in [-0.1, -0.05) is 29.4 Å². The summed E-state index contributed by atoms with van der Waals surface area (Å²) < 4.78 is 10.2. The molecular formula is C18H19N3O3. The van der Waals surface area contributed by atoms with Crippen molar-refractivity contribution in [3.05, 3.63) is 59.9 Å². The third-order valence-corrected chi connectivity index (χ3v) is 3.72. The molecule has 0 saturated carbocycles. The molecule has 1 aromatic carbocycles. The molecule has 0 radical (unpaired) electrons. The van der Waals surface area contributed by atoms with E-state index in [1.165, 1.54) is 0 Å². The maximum Gasteiger partial charge on any atom is 0.226 e. The molecule has 2 heterocycles. The van der Waals surface area contributed by atoms with Crippen LogP contribution in [0.5, 0.6) is 0 Å². The first-order valence-electron chi connectivity index (χ1n) is 7.89. The predicted octanol–water partition coefficient (Wildman–Crippen LogP) is 3.28. The molecule has 1 amide bonds. The highest BCUT2D eigenvalue weighted by Crippen LogP contribution is 2.20. The van der Waals surface area contributed by atoms with Crippen LogP contribution in [-0.2, 0) is 17.8 Å². The second-order valence-electron chi connectivity index (χ2n) is 5.59. The molecule has 1 N–H and O–H groups in total. The van der Waals surface area contributed by atoms with Gasteiger partial charge < -0.3 is 14.3 Å². The van der Waals surface area contributed by atoms with Crippen molar-refractivity contribution in [1.82, 2.24) is 15.5 Å². The summed E-state index contributed by atoms with van der Waals surface area (Å²) in [5.41, 5.74) is 3.01. The number of aromatic nitrogens is 2. The van der Waals surface area contributed by atoms with Gasteiger partial charge in [0.1, 0.15) is 0 Å². The van der Waals surface area contributed by atoms with Gasteiger partial charge >= 0.3 is 0 Å². The van der Waals surface area contributed by atoms with Gasteiger partial charge in [0.25, 0.3) is 0 Å². The zero-order valence-electron chi connectivity index (χ0n) is 13.5. The zero-order chi connectivity index (χ0) is 16.8. The lowest BCUT2D eigenvalue weighted by Gasteiger charge is -2.02. The van der Waals surface area contributed by atoms with Gasteiger partial charge in [-0.15, -0.1) is 0 Å². The van der Waals surface area contributed by atoms with Gasteiger partial charge in [0.2, 0.25) is 17.6 Å². The van der Waals surface area contributed by atoms with E-state index in [4.69, 9.17) is 8.94 Å². The van der Waals surface area contributed by atoms with E-state index < -0.39 is 0 Å². The monoisotopic (exact) mass is 325 g/mol. The normalized spacial score (nSPS) is 10.7. The van der Waals surface area contributed by atoms with Gasteiger partial charge in [0.15, 0.2) is 0 Å². The molecule has 2 aromatic heterocycles. The Morgan fingerprint density at radius 2 is 2.12 bits per heavy atom. The molecule has 0 fully saturated rings. The van der Waals surface area contributed by atoms with Crippen molar-refractivity contribution in [3.63, 3.8) is 0 Å². The summed E-state index contributed by atoms with van der Waals surface area (Å²) in [6.07, 6.45) is 4.86. The molecule has 3 rings (SSSR count). The van der Waals surface area contributed by atoms with Gasteiger partial charge in [-0.05, 0) is 25.0 Å². The average molecular weight is 325 g/mol. The Bertz CT molecular complexity index is 793. The number of aryl methyl sites for hydroxylation is 2. The molecule has 3 aromatic rings. The van der Waals surface area contributed by atoms with E-state index >= 15 is 0 Å². The SMILES string of the molecule is Cc1ccccc1-c1noc(CCCC(=O)NCc2ccoc2)n1. The number of carbonyl (C=O) groups excluding carboxylic acids is 1. The second kappa shape index (κ2) is 7.59. The van der Waals surface area contributed by atoms with Crippen LogP contribution >= 0.6 is 0 Å². The van der Waals surface area contributed by atoms with Crippen molar-refractivity contribution in [2.75, 3.05) is 0 Å². The molecule has 124 valence electrons. The molecule has 0 aliphatic rings. The van der Waals surface area contributed by atoms with E-state index in [1.54, 1.807) is 12.5 Å². The smallest absolute Gasteiger partial charge is 0.226 e. The lowest BCUT2D eigenvalue weighted by atomic mass is 10.1. The standard InChI is InChI=1S/C18H19N3O3/c1-13-5-2-3-6-15(13)18-20-17(24-21-18)8-4-7-16(22)19-11-14-9-10-23-12-14/h2-3,5-6,9-10,12H,4,7-8,11H2,1H3,(H,19,22). The second-order valence-corrected chi connectivity index (χ2v) is 5.59. The molecule has 0 atom stereocenters. The van der Waals surface area contributed by atoms with Gasteiger partial charge in [-0.2, -0.15) is 4.98 Å². The third-order valence-electron chi connectivity index (χ3n) is 3.72. The van der Waals surface area contributed by atoms with Crippen LogP contribution in [0.1, 0.15) is 29.9 Å². The zero-order valence-corrected chi connectivity index (χ0v) is 13.5. The van der Waals surface area contributed by atoms with Crippen molar-refractivity contribution < 1.29 is 13.7 Å². The highest BCUT2D eigenvalue weighted by atomic mass is 16.5. The number of nitrogens with zero attached hydrogens (tertiary/aromatic N) is 2. The van der Waals surface area contributed by atoms with Gasteiger partial charge in [-0.3, -0.25) is 4.79 Å². The Morgan fingerprint density at radius 1 is 1.25 bits per heavy atom. The Morgan fingerprint density at radius 3 is 2.92 bits per heavy atom. The highest BCUT2D eigenvalue weighted by Gasteiger charge is 2.11. The van der Waals surface area contributed by atoms with E-state index in [1.807, 2.05) is 37.3 Å². The van der Waals surface area contributed by atoms with Gasteiger partial charge in [0, 0.05) is 30.5 Å². The lowest BCUT2D eigenvalue weighted by molar-refractivity contribution is -0.121. The van der Waals surface area contributed by atoms with Crippen LogP contribution in [0.3, 0.4) is 0 Å². The first-order chi connectivity index (χ1) is 11.7. The maximum atomic E-state index is 11.8. The van der Waals surface area contributed by atoms with Crippen molar-refractivity contribution in [2.24, 2.45) is 0 Å². The molecule has 0 bridgehead atoms. The largest absolute Gasteiger partial charge is 0.472 e. The molecule has 0 aliphatic heterocycles. The number of nitrogens with one attached hydrogen (secondary N) is 1. The number of carbonyl (C=O) groups is 1. The predicted molar refractivity (Wildman–Crippen MR) is 88.0 cm³/mol. The number of rotatable bonds is 7. The van der Waals surface area contributed by atoms with Gasteiger partial charge in [0.05, 0.1) is 12.5 Å². The summed E-state index contributed by atoms with van der Waals surface area (Å²) in [6.45, 7) is 2.49. The van der Waals surface area contributed by atoms with E-state index in [-0.39, 0.29) is 5.91 Å². The van der Waals surface area contributed by atoms with E-state index in [9.17, 15) is 4.79 Å². The Hall–Kier alpha value is -2.89. The Balaban J connectivity index is 1.46. The minimum absolute atomic E-state index is 0.00478. The summed E-state index contributed by atoms with van der Waals surface area (Å²) in [5, 5.41) is 6.86. The van der Waals surface area contributed by atoms with Crippen molar-refractivity contribution >= 4 is 5.91 Å². The van der Waals surface area contributed by atoms with Crippen LogP contribution < -0.4 is 5.32 Å². The fourth-order valence-corrected chi connectivity index (χ4v) is 2.37. The Kier molecular flexibility index (Phi) is 5.05. The fraction of sp³-hybridized carbons (Fsp3) is 0.278. The quantitative estimate of drug-likeness (QED) is 0.721. The minimum Gasteiger partial charge on any atom is -0.472 e. The van der Waals surface area contributed by atoms with Crippen LogP contribution in [0.4, 0.5) is 0 Å². The average Bonchev–Trinajstić information content (AvgIpc) is 3.25. The minimum atomic E-state index is -0.00478. The lowest BCUT2D eigenvalue weighted by Crippen LogP contribution is -2.22. The third kappa shape index (κ3) is 4.10. The summed E-state index contributed by atoms with van der Waals surface area (Å²) in [6, 6.07) is 9.72. The maximum absolute atomic E-state index is 11.8. The van der Waals surface area contributed by atoms with Gasteiger partial charge in [-0.25, -0.2) is 0 Å². The van der Waals surface area contributed by atoms with Crippen LogP contribution in [0, 0.1) is 6.92 Å². The van der Waals surface area contributed by atoms with E-state index in [2.05, 4.69) is 15.5 Å². The molecule has 0 aliphatic carbocycles. The molecule has 0 spiro atoms. The fourth-order valence-electron chi connectivity index (χ4n) is 2.37. The number of amides is 1. The first-order valence-corrected chi connectivity index (χ1v) is 7.89. The Labute approximate surface area is 139 Å². The number of benzene rings is 1. The molecule has 6 nitrogen and oxygen atoms in total.